The molecule has 1 radical (unpaired) electrons. The molecule has 2 rings (SSSR count). The first-order valence-electron chi connectivity index (χ1n) is 6.46. The fourth-order valence-electron chi connectivity index (χ4n) is 2.22. The molecule has 3 heteroatoms. The Hall–Kier alpha value is -1.35. The number of nitrogens with zero attached hydrogens (tertiary/aromatic N) is 1. The van der Waals surface area contributed by atoms with Gasteiger partial charge < -0.3 is 9.64 Å². The summed E-state index contributed by atoms with van der Waals surface area (Å²) >= 11 is 0. The third-order valence-corrected chi connectivity index (χ3v) is 3.11. The summed E-state index contributed by atoms with van der Waals surface area (Å²) in [4.78, 5) is 14.3. The summed E-state index contributed by atoms with van der Waals surface area (Å²) < 4.78 is 5.28. The first-order chi connectivity index (χ1) is 8.68. The Morgan fingerprint density at radius 2 is 2.06 bits per heavy atom. The predicted octanol–water partition coefficient (Wildman–Crippen LogP) is 2.17. The van der Waals surface area contributed by atoms with Crippen LogP contribution < -0.4 is 0 Å². The molecule has 0 aromatic heterocycles. The first kappa shape index (κ1) is 13.1. The summed E-state index contributed by atoms with van der Waals surface area (Å²) in [6, 6.07) is 7.84. The van der Waals surface area contributed by atoms with Gasteiger partial charge in [-0.15, -0.1) is 0 Å². The average molecular weight is 246 g/mol. The molecule has 1 heterocycles. The Bertz CT molecular complexity index is 409. The zero-order valence-electron chi connectivity index (χ0n) is 10.9. The lowest BCUT2D eigenvalue weighted by Crippen LogP contribution is -2.41. The molecule has 0 bridgehead atoms. The van der Waals surface area contributed by atoms with E-state index in [0.29, 0.717) is 32.2 Å². The molecule has 97 valence electrons. The minimum Gasteiger partial charge on any atom is -0.378 e. The number of rotatable bonds is 3. The molecule has 1 atom stereocenters. The lowest BCUT2D eigenvalue weighted by molar-refractivity contribution is 0.0302. The van der Waals surface area contributed by atoms with E-state index in [9.17, 15) is 4.79 Å². The third kappa shape index (κ3) is 3.10. The van der Waals surface area contributed by atoms with Gasteiger partial charge in [-0.3, -0.25) is 4.79 Å². The highest BCUT2D eigenvalue weighted by Gasteiger charge is 2.20. The van der Waals surface area contributed by atoms with Crippen LogP contribution in [0.1, 0.15) is 22.8 Å². The van der Waals surface area contributed by atoms with Gasteiger partial charge in [0.1, 0.15) is 0 Å². The van der Waals surface area contributed by atoms with E-state index in [2.05, 4.69) is 13.8 Å². The maximum Gasteiger partial charge on any atom is 0.254 e. The highest BCUT2D eigenvalue weighted by Crippen LogP contribution is 2.16. The third-order valence-electron chi connectivity index (χ3n) is 3.11. The van der Waals surface area contributed by atoms with Crippen molar-refractivity contribution in [3.8, 4) is 0 Å². The number of carbonyl (C=O) groups excluding carboxylic acids is 1. The molecule has 1 amide bonds. The van der Waals surface area contributed by atoms with Gasteiger partial charge in [0.05, 0.1) is 13.2 Å². The van der Waals surface area contributed by atoms with Crippen LogP contribution >= 0.6 is 0 Å². The highest BCUT2D eigenvalue weighted by molar-refractivity contribution is 5.95. The number of hydrogen-bond donors (Lipinski definition) is 0. The number of amides is 1. The van der Waals surface area contributed by atoms with Crippen molar-refractivity contribution in [3.05, 3.63) is 42.3 Å². The zero-order chi connectivity index (χ0) is 13.0. The van der Waals surface area contributed by atoms with Crippen molar-refractivity contribution in [2.45, 2.75) is 13.3 Å². The van der Waals surface area contributed by atoms with E-state index >= 15 is 0 Å². The molecule has 1 fully saturated rings. The predicted molar refractivity (Wildman–Crippen MR) is 71.4 cm³/mol. The second-order valence-electron chi connectivity index (χ2n) is 4.87. The number of carbonyl (C=O) groups is 1. The Morgan fingerprint density at radius 3 is 2.72 bits per heavy atom. The van der Waals surface area contributed by atoms with Gasteiger partial charge in [0, 0.05) is 18.7 Å². The van der Waals surface area contributed by atoms with E-state index in [4.69, 9.17) is 4.74 Å². The van der Waals surface area contributed by atoms with Crippen LogP contribution in [0.2, 0.25) is 0 Å². The standard InChI is InChI=1S/C15H20NO2/c1-12(2)11-13-5-3-4-6-14(13)15(17)16-7-9-18-10-8-16/h3-6,12H,1,7-11H2,2H3. The molecule has 1 aliphatic heterocycles. The van der Waals surface area contributed by atoms with Crippen LogP contribution in [0.4, 0.5) is 0 Å². The van der Waals surface area contributed by atoms with E-state index in [1.54, 1.807) is 0 Å². The Labute approximate surface area is 109 Å². The summed E-state index contributed by atoms with van der Waals surface area (Å²) in [6.07, 6.45) is 0.840. The van der Waals surface area contributed by atoms with E-state index in [1.807, 2.05) is 29.2 Å². The second-order valence-corrected chi connectivity index (χ2v) is 4.87. The van der Waals surface area contributed by atoms with Crippen molar-refractivity contribution < 1.29 is 9.53 Å². The summed E-state index contributed by atoms with van der Waals surface area (Å²) in [5, 5.41) is 0. The molecule has 3 nitrogen and oxygen atoms in total. The van der Waals surface area contributed by atoms with Crippen LogP contribution in [0.25, 0.3) is 0 Å². The van der Waals surface area contributed by atoms with Gasteiger partial charge in [-0.05, 0) is 24.0 Å². The fraction of sp³-hybridized carbons (Fsp3) is 0.467. The normalized spacial score (nSPS) is 16.1. The molecule has 0 aliphatic carbocycles. The summed E-state index contributed by atoms with van der Waals surface area (Å²) in [5.74, 6) is 0.429. The van der Waals surface area contributed by atoms with Crippen molar-refractivity contribution in [3.63, 3.8) is 0 Å². The lowest BCUT2D eigenvalue weighted by atomic mass is 9.97. The molecular formula is C15H20NO2. The van der Waals surface area contributed by atoms with Gasteiger partial charge >= 0.3 is 0 Å². The summed E-state index contributed by atoms with van der Waals surface area (Å²) in [5.41, 5.74) is 1.91. The zero-order valence-corrected chi connectivity index (χ0v) is 10.9. The van der Waals surface area contributed by atoms with E-state index < -0.39 is 0 Å². The average Bonchev–Trinajstić information content (AvgIpc) is 2.39. The van der Waals surface area contributed by atoms with E-state index in [-0.39, 0.29) is 5.91 Å². The van der Waals surface area contributed by atoms with Crippen molar-refractivity contribution in [1.82, 2.24) is 4.90 Å². The molecular weight excluding hydrogens is 226 g/mol. The number of morpholine rings is 1. The molecule has 1 aromatic carbocycles. The van der Waals surface area contributed by atoms with E-state index in [1.165, 1.54) is 0 Å². The van der Waals surface area contributed by atoms with Crippen LogP contribution in [0.15, 0.2) is 24.3 Å². The number of benzene rings is 1. The Kier molecular flexibility index (Phi) is 4.37. The smallest absolute Gasteiger partial charge is 0.254 e. The van der Waals surface area contributed by atoms with Gasteiger partial charge in [-0.2, -0.15) is 0 Å². The number of hydrogen-bond acceptors (Lipinski definition) is 2. The highest BCUT2D eigenvalue weighted by atomic mass is 16.5. The summed E-state index contributed by atoms with van der Waals surface area (Å²) in [6.45, 7) is 8.72. The maximum atomic E-state index is 12.5. The van der Waals surface area contributed by atoms with Crippen molar-refractivity contribution in [1.29, 1.82) is 0 Å². The van der Waals surface area contributed by atoms with Gasteiger partial charge in [0.2, 0.25) is 0 Å². The number of ether oxygens (including phenoxy) is 1. The van der Waals surface area contributed by atoms with Crippen LogP contribution in [0, 0.1) is 12.8 Å². The minimum atomic E-state index is 0.120. The molecule has 1 unspecified atom stereocenters. The van der Waals surface area contributed by atoms with Crippen LogP contribution in [-0.2, 0) is 11.2 Å². The SMILES string of the molecule is [CH2]C(C)Cc1ccccc1C(=O)N1CCOCC1. The molecule has 18 heavy (non-hydrogen) atoms. The van der Waals surface area contributed by atoms with Gasteiger partial charge in [-0.1, -0.05) is 32.0 Å². The molecule has 1 saturated heterocycles. The van der Waals surface area contributed by atoms with E-state index in [0.717, 1.165) is 17.5 Å². The monoisotopic (exact) mass is 246 g/mol. The molecule has 1 aliphatic rings. The minimum absolute atomic E-state index is 0.120. The lowest BCUT2D eigenvalue weighted by Gasteiger charge is -2.27. The molecule has 1 aromatic rings. The molecule has 0 spiro atoms. The largest absolute Gasteiger partial charge is 0.378 e. The summed E-state index contributed by atoms with van der Waals surface area (Å²) in [7, 11) is 0. The maximum absolute atomic E-state index is 12.5. The second kappa shape index (κ2) is 6.01. The van der Waals surface area contributed by atoms with Crippen LogP contribution in [0.5, 0.6) is 0 Å². The Morgan fingerprint density at radius 1 is 1.39 bits per heavy atom. The van der Waals surface area contributed by atoms with Gasteiger partial charge in [-0.25, -0.2) is 0 Å². The Balaban J connectivity index is 2.18. The first-order valence-corrected chi connectivity index (χ1v) is 6.46. The topological polar surface area (TPSA) is 29.5 Å². The quantitative estimate of drug-likeness (QED) is 0.818. The molecule has 0 saturated carbocycles. The van der Waals surface area contributed by atoms with Crippen LogP contribution in [0.3, 0.4) is 0 Å². The fourth-order valence-corrected chi connectivity index (χ4v) is 2.22. The molecule has 0 N–H and O–H groups in total. The van der Waals surface area contributed by atoms with Gasteiger partial charge in [0.25, 0.3) is 5.91 Å². The van der Waals surface area contributed by atoms with Crippen LogP contribution in [-0.4, -0.2) is 37.1 Å². The van der Waals surface area contributed by atoms with Crippen molar-refractivity contribution >= 4 is 5.91 Å². The van der Waals surface area contributed by atoms with Crippen molar-refractivity contribution in [2.75, 3.05) is 26.3 Å². The van der Waals surface area contributed by atoms with Crippen molar-refractivity contribution in [2.24, 2.45) is 5.92 Å². The van der Waals surface area contributed by atoms with Gasteiger partial charge in [0.15, 0.2) is 0 Å².